The van der Waals surface area contributed by atoms with Gasteiger partial charge >= 0.3 is 10.1 Å². The van der Waals surface area contributed by atoms with Crippen LogP contribution in [0.5, 0.6) is 11.5 Å². The van der Waals surface area contributed by atoms with Gasteiger partial charge in [0.05, 0.1) is 7.11 Å². The number of hydrogen-bond acceptors (Lipinski definition) is 5. The second kappa shape index (κ2) is 7.11. The Morgan fingerprint density at radius 2 is 1.74 bits per heavy atom. The largest absolute Gasteiger partial charge is 0.493 e. The third-order valence-electron chi connectivity index (χ3n) is 3.09. The molecule has 0 unspecified atom stereocenters. The molecule has 5 nitrogen and oxygen atoms in total. The molecule has 6 heteroatoms. The van der Waals surface area contributed by atoms with E-state index in [2.05, 4.69) is 0 Å². The Morgan fingerprint density at radius 1 is 1.04 bits per heavy atom. The maximum Gasteiger partial charge on any atom is 0.339 e. The number of hydrogen-bond donors (Lipinski definition) is 0. The average Bonchev–Trinajstić information content (AvgIpc) is 2.54. The van der Waals surface area contributed by atoms with Gasteiger partial charge in [0, 0.05) is 5.56 Å². The van der Waals surface area contributed by atoms with E-state index in [4.69, 9.17) is 8.92 Å². The van der Waals surface area contributed by atoms with E-state index >= 15 is 0 Å². The molecule has 0 atom stereocenters. The van der Waals surface area contributed by atoms with Crippen LogP contribution in [0.25, 0.3) is 6.08 Å². The summed E-state index contributed by atoms with van der Waals surface area (Å²) in [4.78, 5) is 10.5. The van der Waals surface area contributed by atoms with Crippen molar-refractivity contribution in [2.24, 2.45) is 0 Å². The zero-order valence-corrected chi connectivity index (χ0v) is 13.5. The summed E-state index contributed by atoms with van der Waals surface area (Å²) >= 11 is 0. The molecule has 0 spiro atoms. The number of rotatable bonds is 6. The van der Waals surface area contributed by atoms with Crippen molar-refractivity contribution in [3.8, 4) is 11.5 Å². The highest BCUT2D eigenvalue weighted by atomic mass is 32.2. The van der Waals surface area contributed by atoms with Gasteiger partial charge in [0.1, 0.15) is 11.2 Å². The molecule has 0 N–H and O–H groups in total. The van der Waals surface area contributed by atoms with E-state index in [-0.39, 0.29) is 16.4 Å². The topological polar surface area (TPSA) is 69.7 Å². The predicted molar refractivity (Wildman–Crippen MR) is 87.1 cm³/mol. The molecule has 120 valence electrons. The van der Waals surface area contributed by atoms with E-state index in [0.717, 1.165) is 5.56 Å². The summed E-state index contributed by atoms with van der Waals surface area (Å²) in [5, 5.41) is 0. The fourth-order valence-electron chi connectivity index (χ4n) is 1.92. The maximum atomic E-state index is 12.4. The molecule has 0 aliphatic carbocycles. The van der Waals surface area contributed by atoms with E-state index in [1.54, 1.807) is 30.3 Å². The van der Waals surface area contributed by atoms with Gasteiger partial charge in [0.25, 0.3) is 0 Å². The summed E-state index contributed by atoms with van der Waals surface area (Å²) in [5.74, 6) is 0.294. The second-order valence-electron chi connectivity index (χ2n) is 4.72. The van der Waals surface area contributed by atoms with E-state index in [9.17, 15) is 13.2 Å². The Bertz CT molecular complexity index is 821. The smallest absolute Gasteiger partial charge is 0.339 e. The van der Waals surface area contributed by atoms with Crippen molar-refractivity contribution in [3.05, 3.63) is 59.7 Å². The molecule has 0 aliphatic rings. The van der Waals surface area contributed by atoms with Gasteiger partial charge in [0.15, 0.2) is 11.5 Å². The third-order valence-corrected chi connectivity index (χ3v) is 4.32. The van der Waals surface area contributed by atoms with Crippen molar-refractivity contribution in [3.63, 3.8) is 0 Å². The molecule has 0 radical (unpaired) electrons. The van der Waals surface area contributed by atoms with E-state index in [0.29, 0.717) is 11.8 Å². The highest BCUT2D eigenvalue weighted by Crippen LogP contribution is 2.34. The molecule has 2 aromatic carbocycles. The van der Waals surface area contributed by atoms with E-state index in [1.807, 2.05) is 6.92 Å². The number of carbonyl (C=O) groups is 1. The molecular formula is C17H16O5S. The summed E-state index contributed by atoms with van der Waals surface area (Å²) in [5.41, 5.74) is 1.36. The van der Waals surface area contributed by atoms with Gasteiger partial charge in [0.2, 0.25) is 0 Å². The Balaban J connectivity index is 2.47. The monoisotopic (exact) mass is 332 g/mol. The van der Waals surface area contributed by atoms with Gasteiger partial charge in [-0.15, -0.1) is 0 Å². The zero-order chi connectivity index (χ0) is 16.9. The molecule has 0 heterocycles. The van der Waals surface area contributed by atoms with Gasteiger partial charge in [-0.05, 0) is 37.3 Å². The SMILES string of the molecule is COc1cccc(C=CC=O)c1OS(=O)(=O)c1ccc(C)cc1. The van der Waals surface area contributed by atoms with Crippen LogP contribution in [0.3, 0.4) is 0 Å². The summed E-state index contributed by atoms with van der Waals surface area (Å²) < 4.78 is 35.3. The van der Waals surface area contributed by atoms with Crippen LogP contribution in [-0.4, -0.2) is 21.8 Å². The van der Waals surface area contributed by atoms with Crippen molar-refractivity contribution >= 4 is 22.5 Å². The first-order valence-electron chi connectivity index (χ1n) is 6.78. The van der Waals surface area contributed by atoms with Gasteiger partial charge in [-0.25, -0.2) is 0 Å². The normalized spacial score (nSPS) is 11.4. The molecule has 0 bridgehead atoms. The average molecular weight is 332 g/mol. The summed E-state index contributed by atoms with van der Waals surface area (Å²) in [6.07, 6.45) is 3.30. The number of aryl methyl sites for hydroxylation is 1. The van der Waals surface area contributed by atoms with Crippen molar-refractivity contribution < 1.29 is 22.1 Å². The van der Waals surface area contributed by atoms with Gasteiger partial charge in [-0.3, -0.25) is 4.79 Å². The Morgan fingerprint density at radius 3 is 2.35 bits per heavy atom. The molecule has 2 aromatic rings. The quantitative estimate of drug-likeness (QED) is 0.462. The predicted octanol–water partition coefficient (Wildman–Crippen LogP) is 2.98. The molecule has 0 aromatic heterocycles. The lowest BCUT2D eigenvalue weighted by molar-refractivity contribution is -0.104. The molecule has 23 heavy (non-hydrogen) atoms. The number of ether oxygens (including phenoxy) is 1. The number of aldehydes is 1. The minimum absolute atomic E-state index is 0.0358. The van der Waals surface area contributed by atoms with Gasteiger partial charge in [-0.2, -0.15) is 8.42 Å². The highest BCUT2D eigenvalue weighted by molar-refractivity contribution is 7.87. The number of methoxy groups -OCH3 is 1. The number of carbonyl (C=O) groups excluding carboxylic acids is 1. The molecule has 0 aliphatic heterocycles. The summed E-state index contributed by atoms with van der Waals surface area (Å²) in [7, 11) is -2.60. The maximum absolute atomic E-state index is 12.4. The standard InChI is InChI=1S/C17H16O5S/c1-13-8-10-15(11-9-13)23(19,20)22-17-14(6-4-12-18)5-3-7-16(17)21-2/h3-12H,1-2H3. The molecule has 0 fully saturated rings. The highest BCUT2D eigenvalue weighted by Gasteiger charge is 2.20. The molecular weight excluding hydrogens is 316 g/mol. The Labute approximate surface area is 135 Å². The van der Waals surface area contributed by atoms with Gasteiger partial charge < -0.3 is 8.92 Å². The molecule has 2 rings (SSSR count). The van der Waals surface area contributed by atoms with Crippen LogP contribution in [0.15, 0.2) is 53.4 Å². The van der Waals surface area contributed by atoms with Crippen molar-refractivity contribution in [1.82, 2.24) is 0 Å². The van der Waals surface area contributed by atoms with Crippen LogP contribution >= 0.6 is 0 Å². The summed E-state index contributed by atoms with van der Waals surface area (Å²) in [6, 6.07) is 11.2. The zero-order valence-electron chi connectivity index (χ0n) is 12.7. The van der Waals surface area contributed by atoms with Crippen molar-refractivity contribution in [2.75, 3.05) is 7.11 Å². The lowest BCUT2D eigenvalue weighted by Crippen LogP contribution is -2.11. The fraction of sp³-hybridized carbons (Fsp3) is 0.118. The first-order chi connectivity index (χ1) is 11.0. The summed E-state index contributed by atoms with van der Waals surface area (Å²) in [6.45, 7) is 1.86. The third kappa shape index (κ3) is 3.98. The van der Waals surface area contributed by atoms with Crippen LogP contribution in [0.2, 0.25) is 0 Å². The lowest BCUT2D eigenvalue weighted by atomic mass is 10.2. The molecule has 0 saturated carbocycles. The minimum Gasteiger partial charge on any atom is -0.493 e. The fourth-order valence-corrected chi connectivity index (χ4v) is 2.88. The van der Waals surface area contributed by atoms with Crippen LogP contribution in [-0.2, 0) is 14.9 Å². The number of allylic oxidation sites excluding steroid dienone is 1. The molecule has 0 amide bonds. The minimum atomic E-state index is -4.01. The van der Waals surface area contributed by atoms with Crippen molar-refractivity contribution in [2.45, 2.75) is 11.8 Å². The number of benzene rings is 2. The number of para-hydroxylation sites is 1. The van der Waals surface area contributed by atoms with Crippen LogP contribution in [0, 0.1) is 6.92 Å². The van der Waals surface area contributed by atoms with Crippen LogP contribution in [0.4, 0.5) is 0 Å². The Hall–Kier alpha value is -2.60. The first-order valence-corrected chi connectivity index (χ1v) is 8.19. The van der Waals surface area contributed by atoms with Crippen molar-refractivity contribution in [1.29, 1.82) is 0 Å². The molecule has 0 saturated heterocycles. The van der Waals surface area contributed by atoms with Crippen LogP contribution < -0.4 is 8.92 Å². The Kier molecular flexibility index (Phi) is 5.18. The second-order valence-corrected chi connectivity index (χ2v) is 6.27. The first kappa shape index (κ1) is 16.8. The lowest BCUT2D eigenvalue weighted by Gasteiger charge is -2.13. The van der Waals surface area contributed by atoms with Crippen LogP contribution in [0.1, 0.15) is 11.1 Å². The van der Waals surface area contributed by atoms with E-state index in [1.165, 1.54) is 31.4 Å². The van der Waals surface area contributed by atoms with E-state index < -0.39 is 10.1 Å². The van der Waals surface area contributed by atoms with Gasteiger partial charge in [-0.1, -0.05) is 29.8 Å².